The highest BCUT2D eigenvalue weighted by atomic mass is 19.2. The fourth-order valence-corrected chi connectivity index (χ4v) is 0.910. The van der Waals surface area contributed by atoms with Gasteiger partial charge in [0.15, 0.2) is 17.5 Å². The van der Waals surface area contributed by atoms with Crippen molar-refractivity contribution in [1.82, 2.24) is 0 Å². The maximum atomic E-state index is 12.8. The second kappa shape index (κ2) is 3.74. The molecule has 1 unspecified atom stereocenters. The fourth-order valence-electron chi connectivity index (χ4n) is 0.910. The lowest BCUT2D eigenvalue weighted by Crippen LogP contribution is -2.10. The summed E-state index contributed by atoms with van der Waals surface area (Å²) in [7, 11) is 0. The molecule has 0 radical (unpaired) electrons. The molecule has 0 saturated carbocycles. The molecule has 72 valence electrons. The summed E-state index contributed by atoms with van der Waals surface area (Å²) in [5.41, 5.74) is 4.35. The predicted octanol–water partition coefficient (Wildman–Crippen LogP) is 2.07. The molecule has 0 aliphatic rings. The van der Waals surface area contributed by atoms with Gasteiger partial charge in [-0.25, -0.2) is 17.6 Å². The van der Waals surface area contributed by atoms with Crippen molar-refractivity contribution in [2.45, 2.75) is 6.17 Å². The zero-order chi connectivity index (χ0) is 10.0. The average Bonchev–Trinajstić information content (AvgIpc) is 2.13. The summed E-state index contributed by atoms with van der Waals surface area (Å²) in [6.45, 7) is -0.470. The van der Waals surface area contributed by atoms with Gasteiger partial charge in [-0.05, 0) is 6.07 Å². The number of hydrogen-bond donors (Lipinski definition) is 1. The van der Waals surface area contributed by atoms with E-state index in [2.05, 4.69) is 0 Å². The van der Waals surface area contributed by atoms with E-state index >= 15 is 0 Å². The number of rotatable bonds is 2. The molecule has 1 nitrogen and oxygen atoms in total. The highest BCUT2D eigenvalue weighted by Crippen LogP contribution is 2.22. The Hall–Kier alpha value is -1.10. The molecule has 5 heteroatoms. The maximum Gasteiger partial charge on any atom is 0.194 e. The summed E-state index contributed by atoms with van der Waals surface area (Å²) in [4.78, 5) is 0. The van der Waals surface area contributed by atoms with Crippen LogP contribution in [0.15, 0.2) is 12.1 Å². The number of nitrogens with two attached hydrogens (primary N) is 1. The number of benzene rings is 1. The lowest BCUT2D eigenvalue weighted by molar-refractivity contribution is 0.331. The first-order valence-corrected chi connectivity index (χ1v) is 3.55. The van der Waals surface area contributed by atoms with Gasteiger partial charge in [-0.2, -0.15) is 0 Å². The average molecular weight is 193 g/mol. The smallest absolute Gasteiger partial charge is 0.194 e. The van der Waals surface area contributed by atoms with E-state index in [-0.39, 0.29) is 0 Å². The molecule has 13 heavy (non-hydrogen) atoms. The van der Waals surface area contributed by atoms with E-state index in [1.54, 1.807) is 0 Å². The molecule has 0 aliphatic heterocycles. The zero-order valence-corrected chi connectivity index (χ0v) is 6.53. The van der Waals surface area contributed by atoms with Crippen molar-refractivity contribution in [3.05, 3.63) is 35.1 Å². The first-order chi connectivity index (χ1) is 6.07. The minimum absolute atomic E-state index is 0.470. The van der Waals surface area contributed by atoms with Crippen LogP contribution in [0.1, 0.15) is 11.7 Å². The fraction of sp³-hybridized carbons (Fsp3) is 0.250. The molecule has 0 amide bonds. The van der Waals surface area contributed by atoms with Crippen molar-refractivity contribution in [2.75, 3.05) is 6.54 Å². The topological polar surface area (TPSA) is 26.0 Å². The van der Waals surface area contributed by atoms with Crippen LogP contribution in [-0.2, 0) is 0 Å². The minimum atomic E-state index is -1.81. The molecule has 0 aliphatic carbocycles. The Morgan fingerprint density at radius 3 is 2.31 bits per heavy atom. The molecule has 0 fully saturated rings. The molecular formula is C8H7F4N. The molecule has 0 bridgehead atoms. The van der Waals surface area contributed by atoms with Gasteiger partial charge >= 0.3 is 0 Å². The Kier molecular flexibility index (Phi) is 2.87. The molecular weight excluding hydrogens is 186 g/mol. The van der Waals surface area contributed by atoms with Gasteiger partial charge in [-0.15, -0.1) is 0 Å². The normalized spacial score (nSPS) is 13.0. The van der Waals surface area contributed by atoms with E-state index in [4.69, 9.17) is 5.73 Å². The summed E-state index contributed by atoms with van der Waals surface area (Å²) in [5.74, 6) is -4.53. The highest BCUT2D eigenvalue weighted by Gasteiger charge is 2.18. The summed E-state index contributed by atoms with van der Waals surface area (Å²) in [6, 6.07) is 1.50. The second-order valence-electron chi connectivity index (χ2n) is 2.47. The SMILES string of the molecule is NCC(F)c1ccc(F)c(F)c1F. The molecule has 1 atom stereocenters. The van der Waals surface area contributed by atoms with Crippen LogP contribution in [0.3, 0.4) is 0 Å². The van der Waals surface area contributed by atoms with Crippen molar-refractivity contribution < 1.29 is 17.6 Å². The van der Waals surface area contributed by atoms with Crippen LogP contribution in [0.4, 0.5) is 17.6 Å². The Balaban J connectivity index is 3.18. The Bertz CT molecular complexity index is 313. The minimum Gasteiger partial charge on any atom is -0.327 e. The molecule has 1 rings (SSSR count). The molecule has 0 aromatic heterocycles. The van der Waals surface area contributed by atoms with Crippen LogP contribution in [0.5, 0.6) is 0 Å². The van der Waals surface area contributed by atoms with Gasteiger partial charge in [0.05, 0.1) is 0 Å². The number of halogens is 4. The third-order valence-electron chi connectivity index (χ3n) is 1.61. The van der Waals surface area contributed by atoms with Crippen molar-refractivity contribution in [1.29, 1.82) is 0 Å². The summed E-state index contributed by atoms with van der Waals surface area (Å²) in [6.07, 6.45) is -1.81. The van der Waals surface area contributed by atoms with Crippen LogP contribution in [0.2, 0.25) is 0 Å². The quantitative estimate of drug-likeness (QED) is 0.564. The number of hydrogen-bond acceptors (Lipinski definition) is 1. The third kappa shape index (κ3) is 1.80. The van der Waals surface area contributed by atoms with Crippen molar-refractivity contribution in [2.24, 2.45) is 5.73 Å². The molecule has 0 saturated heterocycles. The first-order valence-electron chi connectivity index (χ1n) is 3.55. The van der Waals surface area contributed by atoms with Gasteiger partial charge in [0.2, 0.25) is 0 Å². The molecule has 0 spiro atoms. The van der Waals surface area contributed by atoms with Crippen LogP contribution in [-0.4, -0.2) is 6.54 Å². The molecule has 1 aromatic carbocycles. The van der Waals surface area contributed by atoms with Gasteiger partial charge in [0, 0.05) is 12.1 Å². The van der Waals surface area contributed by atoms with E-state index in [1.165, 1.54) is 0 Å². The summed E-state index contributed by atoms with van der Waals surface area (Å²) < 4.78 is 50.5. The highest BCUT2D eigenvalue weighted by molar-refractivity contribution is 5.22. The molecule has 2 N–H and O–H groups in total. The van der Waals surface area contributed by atoms with E-state index in [9.17, 15) is 17.6 Å². The summed E-state index contributed by atoms with van der Waals surface area (Å²) >= 11 is 0. The molecule has 0 heterocycles. The standard InChI is InChI=1S/C8H7F4N/c9-5-2-1-4(6(10)3-13)7(11)8(5)12/h1-2,6H,3,13H2. The van der Waals surface area contributed by atoms with Gasteiger partial charge < -0.3 is 5.73 Å². The van der Waals surface area contributed by atoms with E-state index in [0.717, 1.165) is 6.07 Å². The van der Waals surface area contributed by atoms with Gasteiger partial charge in [0.1, 0.15) is 6.17 Å². The lowest BCUT2D eigenvalue weighted by atomic mass is 10.1. The van der Waals surface area contributed by atoms with Crippen molar-refractivity contribution >= 4 is 0 Å². The third-order valence-corrected chi connectivity index (χ3v) is 1.61. The largest absolute Gasteiger partial charge is 0.327 e. The lowest BCUT2D eigenvalue weighted by Gasteiger charge is -2.07. The zero-order valence-electron chi connectivity index (χ0n) is 6.53. The van der Waals surface area contributed by atoms with Crippen LogP contribution in [0, 0.1) is 17.5 Å². The van der Waals surface area contributed by atoms with Crippen molar-refractivity contribution in [3.8, 4) is 0 Å². The van der Waals surface area contributed by atoms with Gasteiger partial charge in [-0.3, -0.25) is 0 Å². The first kappa shape index (κ1) is 9.98. The Labute approximate surface area is 72.2 Å². The van der Waals surface area contributed by atoms with E-state index in [1.807, 2.05) is 0 Å². The maximum absolute atomic E-state index is 12.8. The summed E-state index contributed by atoms with van der Waals surface area (Å²) in [5, 5.41) is 0. The Morgan fingerprint density at radius 1 is 1.15 bits per heavy atom. The number of alkyl halides is 1. The van der Waals surface area contributed by atoms with Gasteiger partial charge in [0.25, 0.3) is 0 Å². The van der Waals surface area contributed by atoms with Crippen LogP contribution in [0.25, 0.3) is 0 Å². The second-order valence-corrected chi connectivity index (χ2v) is 2.47. The van der Waals surface area contributed by atoms with Crippen LogP contribution >= 0.6 is 0 Å². The van der Waals surface area contributed by atoms with Crippen LogP contribution < -0.4 is 5.73 Å². The molecule has 1 aromatic rings. The Morgan fingerprint density at radius 2 is 1.77 bits per heavy atom. The van der Waals surface area contributed by atoms with Gasteiger partial charge in [-0.1, -0.05) is 6.07 Å². The van der Waals surface area contributed by atoms with E-state index < -0.39 is 35.7 Å². The van der Waals surface area contributed by atoms with Crippen molar-refractivity contribution in [3.63, 3.8) is 0 Å². The predicted molar refractivity (Wildman–Crippen MR) is 39.2 cm³/mol. The van der Waals surface area contributed by atoms with E-state index in [0.29, 0.717) is 6.07 Å². The monoisotopic (exact) mass is 193 g/mol.